The molecular weight excluding hydrogens is 470 g/mol. The number of carbonyl (C=O) groups is 1. The van der Waals surface area contributed by atoms with Crippen LogP contribution in [0.15, 0.2) is 33.8 Å². The molecule has 1 atom stereocenters. The Morgan fingerprint density at radius 3 is 2.79 bits per heavy atom. The summed E-state index contributed by atoms with van der Waals surface area (Å²) in [6.07, 6.45) is 1.44. The van der Waals surface area contributed by atoms with Crippen molar-refractivity contribution in [1.82, 2.24) is 14.6 Å². The molecule has 1 amide bonds. The number of nitrogens with one attached hydrogen (secondary N) is 1. The minimum absolute atomic E-state index is 0.152. The lowest BCUT2D eigenvalue weighted by atomic mass is 10.2. The zero-order chi connectivity index (χ0) is 20.7. The van der Waals surface area contributed by atoms with E-state index in [1.165, 1.54) is 10.5 Å². The molecule has 1 aromatic heterocycles. The van der Waals surface area contributed by atoms with E-state index in [2.05, 4.69) is 26.2 Å². The number of fused-ring (bicyclic) bond motifs is 1. The molecule has 0 aliphatic carbocycles. The minimum Gasteiger partial charge on any atom is -0.444 e. The van der Waals surface area contributed by atoms with Crippen LogP contribution in [0.2, 0.25) is 5.15 Å². The van der Waals surface area contributed by atoms with E-state index < -0.39 is 21.7 Å². The van der Waals surface area contributed by atoms with Crippen molar-refractivity contribution in [3.8, 4) is 0 Å². The molecule has 1 fully saturated rings. The van der Waals surface area contributed by atoms with E-state index in [1.54, 1.807) is 39.0 Å². The van der Waals surface area contributed by atoms with Crippen molar-refractivity contribution in [3.05, 3.63) is 34.0 Å². The molecule has 1 aromatic carbocycles. The van der Waals surface area contributed by atoms with Gasteiger partial charge in [-0.25, -0.2) is 18.2 Å². The predicted molar refractivity (Wildman–Crippen MR) is 111 cm³/mol. The van der Waals surface area contributed by atoms with Crippen LogP contribution < -0.4 is 5.32 Å². The van der Waals surface area contributed by atoms with E-state index in [-0.39, 0.29) is 22.6 Å². The van der Waals surface area contributed by atoms with Gasteiger partial charge in [0.1, 0.15) is 10.8 Å². The van der Waals surface area contributed by atoms with Crippen molar-refractivity contribution in [1.29, 1.82) is 0 Å². The number of amides is 1. The van der Waals surface area contributed by atoms with Crippen molar-refractivity contribution < 1.29 is 17.9 Å². The average Bonchev–Trinajstić information content (AvgIpc) is 3.05. The number of rotatable bonds is 3. The molecule has 2 heterocycles. The van der Waals surface area contributed by atoms with Gasteiger partial charge in [-0.1, -0.05) is 23.7 Å². The molecule has 28 heavy (non-hydrogen) atoms. The smallest absolute Gasteiger partial charge is 0.407 e. The zero-order valence-corrected chi connectivity index (χ0v) is 18.9. The molecule has 1 N–H and O–H groups in total. The van der Waals surface area contributed by atoms with E-state index in [0.717, 1.165) is 0 Å². The van der Waals surface area contributed by atoms with Crippen LogP contribution in [0, 0.1) is 0 Å². The summed E-state index contributed by atoms with van der Waals surface area (Å²) in [6, 6.07) is 4.61. The third-order valence-electron chi connectivity index (χ3n) is 4.27. The van der Waals surface area contributed by atoms with Crippen LogP contribution in [0.25, 0.3) is 10.8 Å². The van der Waals surface area contributed by atoms with E-state index in [1.807, 2.05) is 0 Å². The van der Waals surface area contributed by atoms with Gasteiger partial charge < -0.3 is 10.1 Å². The van der Waals surface area contributed by atoms with E-state index >= 15 is 0 Å². The SMILES string of the molecule is CC(C)(C)OC(=O)N[C@H]1CCN(S(=O)(=O)c2cccc3c(Cl)ncc(Br)c23)C1. The molecule has 1 saturated heterocycles. The Bertz CT molecular complexity index is 1020. The summed E-state index contributed by atoms with van der Waals surface area (Å²) in [5.74, 6) is 0. The first kappa shape index (κ1) is 21.3. The largest absolute Gasteiger partial charge is 0.444 e. The van der Waals surface area contributed by atoms with Gasteiger partial charge in [-0.15, -0.1) is 0 Å². The highest BCUT2D eigenvalue weighted by atomic mass is 79.9. The predicted octanol–water partition coefficient (Wildman–Crippen LogP) is 3.94. The van der Waals surface area contributed by atoms with Crippen molar-refractivity contribution in [3.63, 3.8) is 0 Å². The first-order valence-corrected chi connectivity index (χ1v) is 11.3. The van der Waals surface area contributed by atoms with Crippen molar-refractivity contribution in [2.75, 3.05) is 13.1 Å². The van der Waals surface area contributed by atoms with Gasteiger partial charge in [-0.05, 0) is 49.2 Å². The Kier molecular flexibility index (Phi) is 5.91. The fraction of sp³-hybridized carbons (Fsp3) is 0.444. The second-order valence-electron chi connectivity index (χ2n) is 7.57. The maximum absolute atomic E-state index is 13.3. The summed E-state index contributed by atoms with van der Waals surface area (Å²) >= 11 is 9.52. The maximum atomic E-state index is 13.3. The molecule has 10 heteroatoms. The summed E-state index contributed by atoms with van der Waals surface area (Å²) in [7, 11) is -3.78. The Morgan fingerprint density at radius 1 is 1.39 bits per heavy atom. The van der Waals surface area contributed by atoms with Crippen molar-refractivity contribution in [2.24, 2.45) is 0 Å². The number of aromatic nitrogens is 1. The maximum Gasteiger partial charge on any atom is 0.407 e. The number of sulfonamides is 1. The van der Waals surface area contributed by atoms with Gasteiger partial charge in [0.05, 0.1) is 4.90 Å². The number of halogens is 2. The zero-order valence-electron chi connectivity index (χ0n) is 15.7. The standard InChI is InChI=1S/C18H21BrClN3O4S/c1-18(2,3)27-17(24)22-11-7-8-23(10-11)28(25,26)14-6-4-5-12-15(14)13(19)9-21-16(12)20/h4-6,9,11H,7-8,10H2,1-3H3,(H,22,24)/t11-/m0/s1. The number of nitrogens with zero attached hydrogens (tertiary/aromatic N) is 2. The normalized spacial score (nSPS) is 18.4. The second kappa shape index (κ2) is 7.78. The third-order valence-corrected chi connectivity index (χ3v) is 7.08. The highest BCUT2D eigenvalue weighted by molar-refractivity contribution is 9.10. The summed E-state index contributed by atoms with van der Waals surface area (Å²) in [4.78, 5) is 16.2. The summed E-state index contributed by atoms with van der Waals surface area (Å²) in [5.41, 5.74) is -0.614. The van der Waals surface area contributed by atoms with Gasteiger partial charge in [-0.3, -0.25) is 0 Å². The first-order chi connectivity index (χ1) is 13.0. The van der Waals surface area contributed by atoms with Gasteiger partial charge in [0.2, 0.25) is 10.0 Å². The summed E-state index contributed by atoms with van der Waals surface area (Å²) in [6.45, 7) is 5.80. The molecule has 0 bridgehead atoms. The molecule has 152 valence electrons. The Labute approximate surface area is 177 Å². The van der Waals surface area contributed by atoms with Gasteiger partial charge in [0.25, 0.3) is 0 Å². The topological polar surface area (TPSA) is 88.6 Å². The average molecular weight is 491 g/mol. The third kappa shape index (κ3) is 4.42. The van der Waals surface area contributed by atoms with Crippen LogP contribution in [0.3, 0.4) is 0 Å². The highest BCUT2D eigenvalue weighted by Crippen LogP contribution is 2.35. The number of ether oxygens (including phenoxy) is 1. The molecule has 0 unspecified atom stereocenters. The van der Waals surface area contributed by atoms with Gasteiger partial charge in [0.15, 0.2) is 0 Å². The first-order valence-electron chi connectivity index (χ1n) is 8.71. The molecule has 2 aromatic rings. The Hall–Kier alpha value is -1.42. The highest BCUT2D eigenvalue weighted by Gasteiger charge is 2.35. The number of hydrogen-bond donors (Lipinski definition) is 1. The van der Waals surface area contributed by atoms with Crippen LogP contribution in [0.1, 0.15) is 27.2 Å². The van der Waals surface area contributed by atoms with Crippen LogP contribution >= 0.6 is 27.5 Å². The molecule has 0 radical (unpaired) electrons. The number of alkyl carbamates (subject to hydrolysis) is 1. The molecule has 1 aliphatic rings. The summed E-state index contributed by atoms with van der Waals surface area (Å²) in [5, 5.41) is 4.02. The monoisotopic (exact) mass is 489 g/mol. The molecule has 0 spiro atoms. The molecule has 1 aliphatic heterocycles. The number of hydrogen-bond acceptors (Lipinski definition) is 5. The van der Waals surface area contributed by atoms with Crippen LogP contribution in [0.5, 0.6) is 0 Å². The van der Waals surface area contributed by atoms with E-state index in [0.29, 0.717) is 28.2 Å². The lowest BCUT2D eigenvalue weighted by molar-refractivity contribution is 0.0507. The van der Waals surface area contributed by atoms with Crippen LogP contribution in [-0.4, -0.2) is 48.5 Å². The number of carbonyl (C=O) groups excluding carboxylic acids is 1. The van der Waals surface area contributed by atoms with Gasteiger partial charge in [-0.2, -0.15) is 4.31 Å². The van der Waals surface area contributed by atoms with Gasteiger partial charge >= 0.3 is 6.09 Å². The van der Waals surface area contributed by atoms with Crippen LogP contribution in [-0.2, 0) is 14.8 Å². The van der Waals surface area contributed by atoms with Crippen LogP contribution in [0.4, 0.5) is 4.79 Å². The molecule has 3 rings (SSSR count). The Morgan fingerprint density at radius 2 is 2.11 bits per heavy atom. The van der Waals surface area contributed by atoms with E-state index in [9.17, 15) is 13.2 Å². The summed E-state index contributed by atoms with van der Waals surface area (Å²) < 4.78 is 33.7. The van der Waals surface area contributed by atoms with E-state index in [4.69, 9.17) is 16.3 Å². The second-order valence-corrected chi connectivity index (χ2v) is 10.7. The minimum atomic E-state index is -3.78. The number of benzene rings is 1. The molecule has 7 nitrogen and oxygen atoms in total. The molecular formula is C18H21BrClN3O4S. The van der Waals surface area contributed by atoms with Crippen molar-refractivity contribution >= 4 is 54.4 Å². The quantitative estimate of drug-likeness (QED) is 0.658. The lowest BCUT2D eigenvalue weighted by Crippen LogP contribution is -2.41. The molecule has 0 saturated carbocycles. The van der Waals surface area contributed by atoms with Crippen molar-refractivity contribution in [2.45, 2.75) is 43.7 Å². The van der Waals surface area contributed by atoms with Gasteiger partial charge in [0, 0.05) is 40.6 Å². The fourth-order valence-corrected chi connectivity index (χ4v) is 5.69. The fourth-order valence-electron chi connectivity index (χ4n) is 3.09. The lowest BCUT2D eigenvalue weighted by Gasteiger charge is -2.22. The Balaban J connectivity index is 1.85. The number of pyridine rings is 1.